The third-order valence-electron chi connectivity index (χ3n) is 6.04. The zero-order chi connectivity index (χ0) is 18.1. The Bertz CT molecular complexity index is 802. The Morgan fingerprint density at radius 2 is 2.04 bits per heavy atom. The Hall–Kier alpha value is -2.10. The number of hydrogen-bond donors (Lipinski definition) is 0. The van der Waals surface area contributed by atoms with Crippen LogP contribution in [0.1, 0.15) is 60.2 Å². The number of fused-ring (bicyclic) bond motifs is 1. The minimum Gasteiger partial charge on any atom is -0.333 e. The van der Waals surface area contributed by atoms with Gasteiger partial charge < -0.3 is 4.90 Å². The van der Waals surface area contributed by atoms with Crippen molar-refractivity contribution < 1.29 is 4.79 Å². The number of aryl methyl sites for hydroxylation is 2. The molecule has 2 aliphatic carbocycles. The highest BCUT2D eigenvalue weighted by atomic mass is 16.2. The molecule has 1 aromatic carbocycles. The van der Waals surface area contributed by atoms with Gasteiger partial charge in [0.1, 0.15) is 0 Å². The van der Waals surface area contributed by atoms with E-state index in [1.807, 2.05) is 17.8 Å². The van der Waals surface area contributed by atoms with Gasteiger partial charge in [-0.05, 0) is 50.2 Å². The second kappa shape index (κ2) is 7.26. The Morgan fingerprint density at radius 3 is 2.81 bits per heavy atom. The monoisotopic (exact) mass is 351 g/mol. The maximum absolute atomic E-state index is 13.2. The van der Waals surface area contributed by atoms with Crippen LogP contribution in [0, 0.1) is 6.92 Å². The first-order valence-electron chi connectivity index (χ1n) is 10.0. The SMILES string of the molecule is Cc1cccc(CC(=O)N(Cc2nn(C)c3c2CCC3)C2CCCC2)c1. The number of carbonyl (C=O) groups is 1. The molecule has 0 unspecified atom stereocenters. The van der Waals surface area contributed by atoms with Gasteiger partial charge in [0, 0.05) is 18.8 Å². The molecular weight excluding hydrogens is 322 g/mol. The smallest absolute Gasteiger partial charge is 0.227 e. The predicted octanol–water partition coefficient (Wildman–Crippen LogP) is 3.73. The molecule has 2 aliphatic rings. The summed E-state index contributed by atoms with van der Waals surface area (Å²) in [4.78, 5) is 15.3. The molecule has 26 heavy (non-hydrogen) atoms. The third kappa shape index (κ3) is 3.42. The fourth-order valence-corrected chi connectivity index (χ4v) is 4.72. The lowest BCUT2D eigenvalue weighted by Gasteiger charge is -2.29. The maximum atomic E-state index is 13.2. The largest absolute Gasteiger partial charge is 0.333 e. The molecule has 1 aromatic heterocycles. The molecule has 1 saturated carbocycles. The Balaban J connectivity index is 1.56. The van der Waals surface area contributed by atoms with Crippen LogP contribution in [0.15, 0.2) is 24.3 Å². The molecule has 4 nitrogen and oxygen atoms in total. The second-order valence-electron chi connectivity index (χ2n) is 7.97. The van der Waals surface area contributed by atoms with Crippen molar-refractivity contribution in [2.75, 3.05) is 0 Å². The summed E-state index contributed by atoms with van der Waals surface area (Å²) in [6, 6.07) is 8.70. The average Bonchev–Trinajstić information content (AvgIpc) is 3.33. The van der Waals surface area contributed by atoms with Gasteiger partial charge in [-0.3, -0.25) is 9.48 Å². The van der Waals surface area contributed by atoms with E-state index in [0.29, 0.717) is 19.0 Å². The highest BCUT2D eigenvalue weighted by molar-refractivity contribution is 5.79. The minimum atomic E-state index is 0.250. The topological polar surface area (TPSA) is 38.1 Å². The maximum Gasteiger partial charge on any atom is 0.227 e. The summed E-state index contributed by atoms with van der Waals surface area (Å²) in [7, 11) is 2.04. The number of nitrogens with zero attached hydrogens (tertiary/aromatic N) is 3. The van der Waals surface area contributed by atoms with Crippen LogP contribution in [0.4, 0.5) is 0 Å². The molecule has 4 rings (SSSR count). The fraction of sp³-hybridized carbons (Fsp3) is 0.545. The van der Waals surface area contributed by atoms with Crippen LogP contribution < -0.4 is 0 Å². The third-order valence-corrected chi connectivity index (χ3v) is 6.04. The molecule has 0 bridgehead atoms. The van der Waals surface area contributed by atoms with Crippen LogP contribution in [-0.4, -0.2) is 26.6 Å². The zero-order valence-corrected chi connectivity index (χ0v) is 16.0. The van der Waals surface area contributed by atoms with Crippen molar-refractivity contribution in [3.05, 3.63) is 52.3 Å². The number of rotatable bonds is 5. The molecule has 0 N–H and O–H groups in total. The summed E-state index contributed by atoms with van der Waals surface area (Å²) >= 11 is 0. The lowest BCUT2D eigenvalue weighted by atomic mass is 10.1. The van der Waals surface area contributed by atoms with Crippen LogP contribution in [0.25, 0.3) is 0 Å². The number of amides is 1. The second-order valence-corrected chi connectivity index (χ2v) is 7.97. The van der Waals surface area contributed by atoms with Crippen molar-refractivity contribution in [3.8, 4) is 0 Å². The van der Waals surface area contributed by atoms with E-state index < -0.39 is 0 Å². The van der Waals surface area contributed by atoms with Crippen LogP contribution >= 0.6 is 0 Å². The zero-order valence-electron chi connectivity index (χ0n) is 16.0. The van der Waals surface area contributed by atoms with E-state index in [2.05, 4.69) is 30.0 Å². The first-order valence-corrected chi connectivity index (χ1v) is 10.0. The molecule has 2 aromatic rings. The van der Waals surface area contributed by atoms with Gasteiger partial charge in [0.2, 0.25) is 5.91 Å². The van der Waals surface area contributed by atoms with Gasteiger partial charge in [-0.15, -0.1) is 0 Å². The summed E-state index contributed by atoms with van der Waals surface area (Å²) < 4.78 is 2.04. The lowest BCUT2D eigenvalue weighted by Crippen LogP contribution is -2.39. The highest BCUT2D eigenvalue weighted by Crippen LogP contribution is 2.29. The molecule has 0 saturated heterocycles. The quantitative estimate of drug-likeness (QED) is 0.823. The van der Waals surface area contributed by atoms with E-state index in [1.54, 1.807) is 0 Å². The van der Waals surface area contributed by atoms with Crippen LogP contribution in [0.2, 0.25) is 0 Å². The standard InChI is InChI=1S/C22H29N3O/c1-16-7-5-8-17(13-16)14-22(26)25(18-9-3-4-10-18)15-20-19-11-6-12-21(19)24(2)23-20/h5,7-8,13,18H,3-4,6,9-12,14-15H2,1-2H3. The summed E-state index contributed by atoms with van der Waals surface area (Å²) in [5.74, 6) is 0.250. The molecule has 0 aliphatic heterocycles. The van der Waals surface area contributed by atoms with Gasteiger partial charge in [-0.2, -0.15) is 5.10 Å². The first-order chi connectivity index (χ1) is 12.6. The van der Waals surface area contributed by atoms with Gasteiger partial charge >= 0.3 is 0 Å². The normalized spacial score (nSPS) is 16.8. The predicted molar refractivity (Wildman–Crippen MR) is 103 cm³/mol. The van der Waals surface area contributed by atoms with Gasteiger partial charge in [-0.1, -0.05) is 42.7 Å². The van der Waals surface area contributed by atoms with Gasteiger partial charge in [0.05, 0.1) is 18.7 Å². The highest BCUT2D eigenvalue weighted by Gasteiger charge is 2.30. The summed E-state index contributed by atoms with van der Waals surface area (Å²) in [6.07, 6.45) is 8.69. The van der Waals surface area contributed by atoms with Crippen molar-refractivity contribution in [1.29, 1.82) is 0 Å². The fourth-order valence-electron chi connectivity index (χ4n) is 4.72. The van der Waals surface area contributed by atoms with E-state index >= 15 is 0 Å². The van der Waals surface area contributed by atoms with E-state index in [4.69, 9.17) is 5.10 Å². The van der Waals surface area contributed by atoms with Gasteiger partial charge in [0.25, 0.3) is 0 Å². The Morgan fingerprint density at radius 1 is 1.23 bits per heavy atom. The number of benzene rings is 1. The Kier molecular flexibility index (Phi) is 4.84. The van der Waals surface area contributed by atoms with E-state index in [-0.39, 0.29) is 5.91 Å². The molecule has 0 atom stereocenters. The van der Waals surface area contributed by atoms with Crippen molar-refractivity contribution >= 4 is 5.91 Å². The summed E-state index contributed by atoms with van der Waals surface area (Å²) in [5, 5.41) is 4.77. The molecule has 0 spiro atoms. The van der Waals surface area contributed by atoms with Crippen LogP contribution in [0.3, 0.4) is 0 Å². The average molecular weight is 351 g/mol. The number of carbonyl (C=O) groups excluding carboxylic acids is 1. The molecule has 138 valence electrons. The number of hydrogen-bond acceptors (Lipinski definition) is 2. The van der Waals surface area contributed by atoms with Crippen molar-refractivity contribution in [2.45, 2.75) is 70.9 Å². The molecular formula is C22H29N3O. The number of aromatic nitrogens is 2. The van der Waals surface area contributed by atoms with E-state index in [9.17, 15) is 4.79 Å². The van der Waals surface area contributed by atoms with Crippen molar-refractivity contribution in [2.24, 2.45) is 7.05 Å². The lowest BCUT2D eigenvalue weighted by molar-refractivity contribution is -0.133. The molecule has 1 fully saturated rings. The van der Waals surface area contributed by atoms with E-state index in [0.717, 1.165) is 36.9 Å². The molecule has 1 amide bonds. The van der Waals surface area contributed by atoms with Gasteiger partial charge in [0.15, 0.2) is 0 Å². The van der Waals surface area contributed by atoms with Crippen LogP contribution in [-0.2, 0) is 37.6 Å². The van der Waals surface area contributed by atoms with Crippen molar-refractivity contribution in [1.82, 2.24) is 14.7 Å². The molecule has 1 heterocycles. The van der Waals surface area contributed by atoms with Crippen molar-refractivity contribution in [3.63, 3.8) is 0 Å². The molecule has 0 radical (unpaired) electrons. The van der Waals surface area contributed by atoms with E-state index in [1.165, 1.54) is 36.1 Å². The van der Waals surface area contributed by atoms with Gasteiger partial charge in [-0.25, -0.2) is 0 Å². The van der Waals surface area contributed by atoms with Crippen LogP contribution in [0.5, 0.6) is 0 Å². The minimum absolute atomic E-state index is 0.250. The Labute approximate surface area is 156 Å². The molecule has 4 heteroatoms. The first kappa shape index (κ1) is 17.3. The summed E-state index contributed by atoms with van der Waals surface area (Å²) in [6.45, 7) is 2.76. The summed E-state index contributed by atoms with van der Waals surface area (Å²) in [5.41, 5.74) is 6.23.